The van der Waals surface area contributed by atoms with Crippen LogP contribution in [0.15, 0.2) is 97.1 Å². The van der Waals surface area contributed by atoms with Crippen LogP contribution >= 0.6 is 7.60 Å². The van der Waals surface area contributed by atoms with Crippen molar-refractivity contribution in [1.82, 2.24) is 0 Å². The molecule has 0 spiro atoms. The molecule has 1 fully saturated rings. The number of aromatic hydroxyl groups is 1. The smallest absolute Gasteiger partial charge is 0.356 e. The lowest BCUT2D eigenvalue weighted by atomic mass is 9.94. The molecule has 4 aromatic rings. The summed E-state index contributed by atoms with van der Waals surface area (Å²) >= 11 is 0. The Hall–Kier alpha value is -3.53. The van der Waals surface area contributed by atoms with Crippen molar-refractivity contribution in [2.24, 2.45) is 0 Å². The first-order valence-corrected chi connectivity index (χ1v) is 15.6. The maximum atomic E-state index is 13.5. The summed E-state index contributed by atoms with van der Waals surface area (Å²) in [6.45, 7) is 0. The predicted octanol–water partition coefficient (Wildman–Crippen LogP) is 4.77. The Bertz CT molecular complexity index is 1660. The normalized spacial score (nSPS) is 19.1. The van der Waals surface area contributed by atoms with Crippen LogP contribution < -0.4 is 9.61 Å². The number of hydrogen-bond acceptors (Lipinski definition) is 5. The van der Waals surface area contributed by atoms with Crippen LogP contribution in [0, 0.1) is 5.82 Å². The van der Waals surface area contributed by atoms with Crippen molar-refractivity contribution in [3.8, 4) is 16.9 Å². The van der Waals surface area contributed by atoms with Crippen LogP contribution in [-0.4, -0.2) is 33.7 Å². The Morgan fingerprint density at radius 1 is 0.875 bits per heavy atom. The third-order valence-electron chi connectivity index (χ3n) is 7.14. The molecule has 1 heterocycles. The van der Waals surface area contributed by atoms with Crippen molar-refractivity contribution in [3.63, 3.8) is 0 Å². The molecule has 0 saturated carbocycles. The minimum atomic E-state index is -4.39. The van der Waals surface area contributed by atoms with E-state index in [2.05, 4.69) is 0 Å². The molecular formula is C29H27FNO7PS. The highest BCUT2D eigenvalue weighted by Crippen LogP contribution is 2.50. The predicted molar refractivity (Wildman–Crippen MR) is 150 cm³/mol. The zero-order chi connectivity index (χ0) is 28.7. The Labute approximate surface area is 231 Å². The number of aliphatic hydroxyl groups is 1. The molecule has 8 nitrogen and oxygen atoms in total. The first-order valence-electron chi connectivity index (χ1n) is 12.5. The second-order valence-corrected chi connectivity index (χ2v) is 13.3. The second kappa shape index (κ2) is 10.8. The van der Waals surface area contributed by atoms with Crippen molar-refractivity contribution < 1.29 is 37.4 Å². The summed E-state index contributed by atoms with van der Waals surface area (Å²) in [5.74, 6) is -0.575. The summed E-state index contributed by atoms with van der Waals surface area (Å²) in [7, 11) is -8.21. The van der Waals surface area contributed by atoms with Crippen LogP contribution in [0.5, 0.6) is 5.75 Å². The largest absolute Gasteiger partial charge is 0.508 e. The molecule has 11 heteroatoms. The average Bonchev–Trinajstić information content (AvgIpc) is 2.92. The number of hydrogen-bond donors (Lipinski definition) is 4. The van der Waals surface area contributed by atoms with Crippen LogP contribution in [0.25, 0.3) is 11.1 Å². The van der Waals surface area contributed by atoms with Gasteiger partial charge in [0.1, 0.15) is 16.8 Å². The van der Waals surface area contributed by atoms with E-state index in [-0.39, 0.29) is 23.9 Å². The first-order chi connectivity index (χ1) is 19.0. The number of rotatable bonds is 8. The summed E-state index contributed by atoms with van der Waals surface area (Å²) in [6.07, 6.45) is -0.784. The van der Waals surface area contributed by atoms with Gasteiger partial charge in [0, 0.05) is 5.56 Å². The van der Waals surface area contributed by atoms with Gasteiger partial charge < -0.3 is 20.0 Å². The molecule has 4 aromatic carbocycles. The summed E-state index contributed by atoms with van der Waals surface area (Å²) in [5, 5.41) is 20.7. The molecule has 208 valence electrons. The zero-order valence-electron chi connectivity index (χ0n) is 21.1. The topological polar surface area (TPSA) is 135 Å². The molecule has 0 bridgehead atoms. The summed E-state index contributed by atoms with van der Waals surface area (Å²) in [5.41, 5.74) is 2.50. The minimum absolute atomic E-state index is 0.0971. The molecule has 0 unspecified atom stereocenters. The standard InChI is InChI=1S/C29H27FNO7PS/c30-22-11-6-20(7-12-22)26(32)16-17-28-29(31(40(28,37)38)23-4-2-1-3-5-23)25-15-10-21(18-27(25)33)19-8-13-24(14-9-19)39(34,35)36/h1-15,18,26,28-29,32-33H,16-17H2,(H2,34,35,36)/t26-,28-,29-/m1/s1. The van der Waals surface area contributed by atoms with E-state index < -0.39 is 40.8 Å². The number of aliphatic hydroxyl groups excluding tert-OH is 1. The van der Waals surface area contributed by atoms with Gasteiger partial charge in [0.25, 0.3) is 0 Å². The van der Waals surface area contributed by atoms with Gasteiger partial charge in [-0.05, 0) is 72.0 Å². The van der Waals surface area contributed by atoms with Gasteiger partial charge in [-0.2, -0.15) is 0 Å². The number of anilines is 1. The number of nitrogens with zero attached hydrogens (tertiary/aromatic N) is 1. The van der Waals surface area contributed by atoms with Crippen LogP contribution in [0.3, 0.4) is 0 Å². The quantitative estimate of drug-likeness (QED) is 0.219. The number of phenolic OH excluding ortho intramolecular Hbond substituents is 1. The van der Waals surface area contributed by atoms with Crippen LogP contribution in [-0.2, 0) is 14.6 Å². The van der Waals surface area contributed by atoms with Crippen molar-refractivity contribution in [2.45, 2.75) is 30.2 Å². The molecule has 3 atom stereocenters. The van der Waals surface area contributed by atoms with Gasteiger partial charge in [0.15, 0.2) is 0 Å². The Morgan fingerprint density at radius 2 is 1.50 bits per heavy atom. The molecule has 1 aliphatic rings. The van der Waals surface area contributed by atoms with Crippen molar-refractivity contribution in [2.75, 3.05) is 4.31 Å². The molecule has 0 aromatic heterocycles. The van der Waals surface area contributed by atoms with E-state index in [4.69, 9.17) is 0 Å². The van der Waals surface area contributed by atoms with Crippen LogP contribution in [0.4, 0.5) is 10.1 Å². The van der Waals surface area contributed by atoms with E-state index in [1.165, 1.54) is 58.9 Å². The van der Waals surface area contributed by atoms with Crippen molar-refractivity contribution in [3.05, 3.63) is 114 Å². The minimum Gasteiger partial charge on any atom is -0.508 e. The lowest BCUT2D eigenvalue weighted by Crippen LogP contribution is -2.58. The van der Waals surface area contributed by atoms with E-state index in [1.807, 2.05) is 0 Å². The van der Waals surface area contributed by atoms with E-state index in [9.17, 15) is 37.4 Å². The number of halogens is 1. The number of phenols is 1. The van der Waals surface area contributed by atoms with Gasteiger partial charge in [-0.1, -0.05) is 54.6 Å². The number of para-hydroxylation sites is 1. The summed E-state index contributed by atoms with van der Waals surface area (Å²) < 4.78 is 53.0. The second-order valence-electron chi connectivity index (χ2n) is 9.67. The zero-order valence-corrected chi connectivity index (χ0v) is 22.8. The Balaban J connectivity index is 1.46. The monoisotopic (exact) mass is 583 g/mol. The number of benzene rings is 4. The summed E-state index contributed by atoms with van der Waals surface area (Å²) in [4.78, 5) is 18.7. The van der Waals surface area contributed by atoms with Gasteiger partial charge in [-0.15, -0.1) is 0 Å². The van der Waals surface area contributed by atoms with E-state index in [0.717, 1.165) is 0 Å². The number of sulfonamides is 1. The van der Waals surface area contributed by atoms with Gasteiger partial charge in [0.2, 0.25) is 10.0 Å². The molecule has 40 heavy (non-hydrogen) atoms. The van der Waals surface area contributed by atoms with Gasteiger partial charge in [-0.3, -0.25) is 8.87 Å². The fraction of sp³-hybridized carbons (Fsp3) is 0.172. The lowest BCUT2D eigenvalue weighted by Gasteiger charge is -2.48. The Kier molecular flexibility index (Phi) is 7.56. The molecule has 1 saturated heterocycles. The highest BCUT2D eigenvalue weighted by Gasteiger charge is 2.54. The fourth-order valence-corrected chi connectivity index (χ4v) is 7.72. The van der Waals surface area contributed by atoms with Gasteiger partial charge in [0.05, 0.1) is 23.1 Å². The van der Waals surface area contributed by atoms with Crippen molar-refractivity contribution in [1.29, 1.82) is 0 Å². The van der Waals surface area contributed by atoms with Crippen LogP contribution in [0.2, 0.25) is 0 Å². The molecular weight excluding hydrogens is 556 g/mol. The van der Waals surface area contributed by atoms with Crippen molar-refractivity contribution >= 4 is 28.6 Å². The molecule has 0 radical (unpaired) electrons. The summed E-state index contributed by atoms with van der Waals surface area (Å²) in [6, 6.07) is 23.7. The molecule has 0 aliphatic carbocycles. The highest BCUT2D eigenvalue weighted by atomic mass is 32.2. The maximum absolute atomic E-state index is 13.5. The third-order valence-corrected chi connectivity index (χ3v) is 10.4. The fourth-order valence-electron chi connectivity index (χ4n) is 5.07. The molecule has 5 rings (SSSR count). The molecule has 1 aliphatic heterocycles. The lowest BCUT2D eigenvalue weighted by molar-refractivity contribution is 0.162. The third kappa shape index (κ3) is 5.41. The molecule has 0 amide bonds. The Morgan fingerprint density at radius 3 is 2.10 bits per heavy atom. The average molecular weight is 584 g/mol. The van der Waals surface area contributed by atoms with E-state index in [0.29, 0.717) is 27.9 Å². The van der Waals surface area contributed by atoms with E-state index in [1.54, 1.807) is 42.5 Å². The maximum Gasteiger partial charge on any atom is 0.356 e. The van der Waals surface area contributed by atoms with Gasteiger partial charge in [-0.25, -0.2) is 12.8 Å². The highest BCUT2D eigenvalue weighted by molar-refractivity contribution is 7.95. The van der Waals surface area contributed by atoms with Gasteiger partial charge >= 0.3 is 7.60 Å². The molecule has 4 N–H and O–H groups in total. The van der Waals surface area contributed by atoms with Crippen LogP contribution in [0.1, 0.15) is 36.1 Å². The van der Waals surface area contributed by atoms with E-state index >= 15 is 0 Å². The SMILES string of the molecule is O=P(O)(O)c1ccc(-c2ccc([C@@H]3[C@@H](CC[C@@H](O)c4ccc(F)cc4)S(=O)(=O)N3c3ccccc3)c(O)c2)cc1. The first kappa shape index (κ1) is 28.0.